The maximum atomic E-state index is 9.16. The molecule has 1 aromatic rings. The van der Waals surface area contributed by atoms with Crippen molar-refractivity contribution in [1.29, 1.82) is 0 Å². The Morgan fingerprint density at radius 2 is 2.00 bits per heavy atom. The van der Waals surface area contributed by atoms with Gasteiger partial charge in [-0.2, -0.15) is 0 Å². The van der Waals surface area contributed by atoms with Crippen molar-refractivity contribution in [2.75, 3.05) is 11.9 Å². The highest BCUT2D eigenvalue weighted by atomic mass is 79.9. The number of rotatable bonds is 5. The molecule has 1 unspecified atom stereocenters. The minimum Gasteiger partial charge on any atom is -0.390 e. The fourth-order valence-electron chi connectivity index (χ4n) is 0.932. The second-order valence-electron chi connectivity index (χ2n) is 2.81. The lowest BCUT2D eigenvalue weighted by molar-refractivity contribution is 0.0403. The first-order chi connectivity index (χ1) is 6.33. The van der Waals surface area contributed by atoms with Crippen molar-refractivity contribution in [3.8, 4) is 0 Å². The average Bonchev–Trinajstić information content (AvgIpc) is 2.19. The van der Waals surface area contributed by atoms with Crippen molar-refractivity contribution in [1.82, 2.24) is 0 Å². The zero-order valence-corrected chi connectivity index (χ0v) is 8.90. The Labute approximate surface area is 86.7 Å². The summed E-state index contributed by atoms with van der Waals surface area (Å²) in [7, 11) is 0. The Morgan fingerprint density at radius 1 is 1.31 bits per heavy atom. The van der Waals surface area contributed by atoms with Crippen molar-refractivity contribution >= 4 is 15.9 Å². The van der Waals surface area contributed by atoms with Crippen LogP contribution < -0.4 is 0 Å². The Bertz CT molecular complexity index is 226. The molecule has 0 radical (unpaired) electrons. The quantitative estimate of drug-likeness (QED) is 0.803. The molecule has 0 amide bonds. The number of aliphatic hydroxyl groups excluding tert-OH is 1. The van der Waals surface area contributed by atoms with Gasteiger partial charge < -0.3 is 9.84 Å². The number of hydrogen-bond acceptors (Lipinski definition) is 2. The van der Waals surface area contributed by atoms with Gasteiger partial charge in [-0.25, -0.2) is 0 Å². The second-order valence-corrected chi connectivity index (χ2v) is 3.46. The fourth-order valence-corrected chi connectivity index (χ4v) is 1.12. The lowest BCUT2D eigenvalue weighted by Gasteiger charge is -2.07. The summed E-state index contributed by atoms with van der Waals surface area (Å²) in [5.74, 6) is 0. The van der Waals surface area contributed by atoms with Gasteiger partial charge in [0, 0.05) is 5.33 Å². The van der Waals surface area contributed by atoms with E-state index in [9.17, 15) is 0 Å². The maximum Gasteiger partial charge on any atom is 0.0870 e. The molecule has 0 aliphatic rings. The van der Waals surface area contributed by atoms with Crippen molar-refractivity contribution in [2.45, 2.75) is 12.7 Å². The number of alkyl halides is 1. The van der Waals surface area contributed by atoms with Gasteiger partial charge in [0.25, 0.3) is 0 Å². The largest absolute Gasteiger partial charge is 0.390 e. The molecule has 2 nitrogen and oxygen atoms in total. The highest BCUT2D eigenvalue weighted by Gasteiger charge is 2.00. The summed E-state index contributed by atoms with van der Waals surface area (Å²) in [6.07, 6.45) is -0.413. The Balaban J connectivity index is 2.20. The van der Waals surface area contributed by atoms with Crippen LogP contribution in [0.1, 0.15) is 5.56 Å². The van der Waals surface area contributed by atoms with Crippen molar-refractivity contribution in [3.63, 3.8) is 0 Å². The topological polar surface area (TPSA) is 29.5 Å². The van der Waals surface area contributed by atoms with E-state index >= 15 is 0 Å². The molecule has 0 aliphatic heterocycles. The van der Waals surface area contributed by atoms with Crippen LogP contribution in [-0.2, 0) is 11.3 Å². The van der Waals surface area contributed by atoms with Gasteiger partial charge in [0.1, 0.15) is 0 Å². The standard InChI is InChI=1S/C10H13BrO2/c11-6-10(12)8-13-7-9-4-2-1-3-5-9/h1-5,10,12H,6-8H2. The molecule has 3 heteroatoms. The van der Waals surface area contributed by atoms with E-state index < -0.39 is 6.10 Å². The van der Waals surface area contributed by atoms with Crippen LogP contribution in [0.4, 0.5) is 0 Å². The summed E-state index contributed by atoms with van der Waals surface area (Å²) in [5, 5.41) is 9.72. The smallest absolute Gasteiger partial charge is 0.0870 e. The van der Waals surface area contributed by atoms with Crippen LogP contribution in [0.2, 0.25) is 0 Å². The number of ether oxygens (including phenoxy) is 1. The van der Waals surface area contributed by atoms with Crippen LogP contribution in [-0.4, -0.2) is 23.1 Å². The highest BCUT2D eigenvalue weighted by molar-refractivity contribution is 9.09. The van der Waals surface area contributed by atoms with E-state index in [-0.39, 0.29) is 0 Å². The third kappa shape index (κ3) is 4.41. The number of benzene rings is 1. The predicted octanol–water partition coefficient (Wildman–Crippen LogP) is 1.96. The SMILES string of the molecule is OC(CBr)COCc1ccccc1. The molecule has 0 saturated carbocycles. The molecule has 0 aliphatic carbocycles. The molecule has 13 heavy (non-hydrogen) atoms. The third-order valence-electron chi connectivity index (χ3n) is 1.60. The first kappa shape index (κ1) is 10.7. The Kier molecular flexibility index (Phi) is 5.05. The van der Waals surface area contributed by atoms with Crippen LogP contribution in [0.3, 0.4) is 0 Å². The molecule has 0 bridgehead atoms. The highest BCUT2D eigenvalue weighted by Crippen LogP contribution is 2.01. The Morgan fingerprint density at radius 3 is 2.62 bits per heavy atom. The Hall–Kier alpha value is -0.380. The van der Waals surface area contributed by atoms with Crippen molar-refractivity contribution in [2.24, 2.45) is 0 Å². The van der Waals surface area contributed by atoms with E-state index in [1.54, 1.807) is 0 Å². The number of aliphatic hydroxyl groups is 1. The summed E-state index contributed by atoms with van der Waals surface area (Å²) >= 11 is 3.17. The summed E-state index contributed by atoms with van der Waals surface area (Å²) in [6.45, 7) is 0.936. The predicted molar refractivity (Wildman–Crippen MR) is 55.9 cm³/mol. The van der Waals surface area contributed by atoms with Gasteiger partial charge in [0.15, 0.2) is 0 Å². The number of halogens is 1. The molecule has 0 aromatic heterocycles. The van der Waals surface area contributed by atoms with E-state index in [1.807, 2.05) is 30.3 Å². The second kappa shape index (κ2) is 6.13. The van der Waals surface area contributed by atoms with Gasteiger partial charge in [-0.15, -0.1) is 0 Å². The molecular formula is C10H13BrO2. The maximum absolute atomic E-state index is 9.16. The van der Waals surface area contributed by atoms with Gasteiger partial charge in [-0.05, 0) is 5.56 Å². The summed E-state index contributed by atoms with van der Waals surface area (Å²) in [6, 6.07) is 9.91. The van der Waals surface area contributed by atoms with E-state index in [4.69, 9.17) is 9.84 Å². The van der Waals surface area contributed by atoms with E-state index in [1.165, 1.54) is 0 Å². The molecule has 0 saturated heterocycles. The van der Waals surface area contributed by atoms with E-state index in [0.717, 1.165) is 5.56 Å². The summed E-state index contributed by atoms with van der Waals surface area (Å²) in [4.78, 5) is 0. The molecule has 1 atom stereocenters. The lowest BCUT2D eigenvalue weighted by atomic mass is 10.2. The first-order valence-corrected chi connectivity index (χ1v) is 5.31. The van der Waals surface area contributed by atoms with Gasteiger partial charge in [0.2, 0.25) is 0 Å². The average molecular weight is 245 g/mol. The molecule has 1 N–H and O–H groups in total. The van der Waals surface area contributed by atoms with Crippen LogP contribution in [0.25, 0.3) is 0 Å². The van der Waals surface area contributed by atoms with Crippen molar-refractivity contribution in [3.05, 3.63) is 35.9 Å². The normalized spacial score (nSPS) is 12.8. The minimum atomic E-state index is -0.413. The number of hydrogen-bond donors (Lipinski definition) is 1. The van der Waals surface area contributed by atoms with E-state index in [2.05, 4.69) is 15.9 Å². The molecule has 1 aromatic carbocycles. The molecule has 0 spiro atoms. The molecular weight excluding hydrogens is 232 g/mol. The summed E-state index contributed by atoms with van der Waals surface area (Å²) in [5.41, 5.74) is 1.13. The monoisotopic (exact) mass is 244 g/mol. The zero-order chi connectivity index (χ0) is 9.52. The fraction of sp³-hybridized carbons (Fsp3) is 0.400. The molecule has 1 rings (SSSR count). The molecule has 72 valence electrons. The van der Waals surface area contributed by atoms with Crippen LogP contribution >= 0.6 is 15.9 Å². The zero-order valence-electron chi connectivity index (χ0n) is 7.32. The van der Waals surface area contributed by atoms with E-state index in [0.29, 0.717) is 18.5 Å². The van der Waals surface area contributed by atoms with Crippen molar-refractivity contribution < 1.29 is 9.84 Å². The van der Waals surface area contributed by atoms with Gasteiger partial charge in [-0.1, -0.05) is 46.3 Å². The molecule has 0 heterocycles. The van der Waals surface area contributed by atoms with Gasteiger partial charge in [-0.3, -0.25) is 0 Å². The van der Waals surface area contributed by atoms with Crippen LogP contribution in [0.15, 0.2) is 30.3 Å². The minimum absolute atomic E-state index is 0.375. The lowest BCUT2D eigenvalue weighted by Crippen LogP contribution is -2.16. The first-order valence-electron chi connectivity index (χ1n) is 4.18. The van der Waals surface area contributed by atoms with Crippen LogP contribution in [0.5, 0.6) is 0 Å². The molecule has 0 fully saturated rings. The van der Waals surface area contributed by atoms with Crippen LogP contribution in [0, 0.1) is 0 Å². The third-order valence-corrected chi connectivity index (χ3v) is 2.35. The summed E-state index contributed by atoms with van der Waals surface area (Å²) < 4.78 is 5.29. The van der Waals surface area contributed by atoms with Gasteiger partial charge >= 0.3 is 0 Å². The van der Waals surface area contributed by atoms with Gasteiger partial charge in [0.05, 0.1) is 19.3 Å².